The Hall–Kier alpha value is -2.31. The van der Waals surface area contributed by atoms with Crippen LogP contribution < -0.4 is 0 Å². The Balaban J connectivity index is 2.06. The van der Waals surface area contributed by atoms with E-state index < -0.39 is 12.0 Å². The summed E-state index contributed by atoms with van der Waals surface area (Å²) >= 11 is 0. The van der Waals surface area contributed by atoms with Crippen molar-refractivity contribution in [2.75, 3.05) is 0 Å². The fourth-order valence-corrected chi connectivity index (χ4v) is 1.92. The van der Waals surface area contributed by atoms with Gasteiger partial charge in [-0.05, 0) is 19.1 Å². The van der Waals surface area contributed by atoms with E-state index >= 15 is 0 Å². The summed E-state index contributed by atoms with van der Waals surface area (Å²) in [6, 6.07) is 5.20. The fourth-order valence-electron chi connectivity index (χ4n) is 1.92. The molecule has 0 radical (unpaired) electrons. The van der Waals surface area contributed by atoms with Gasteiger partial charge in [-0.2, -0.15) is 13.2 Å². The molecule has 0 bridgehead atoms. The molecule has 19 heavy (non-hydrogen) atoms. The molecule has 3 aromatic rings. The van der Waals surface area contributed by atoms with Crippen LogP contribution in [0.3, 0.4) is 0 Å². The molecule has 0 aliphatic rings. The number of alkyl halides is 3. The van der Waals surface area contributed by atoms with Crippen molar-refractivity contribution >= 4 is 11.0 Å². The van der Waals surface area contributed by atoms with Gasteiger partial charge >= 0.3 is 6.18 Å². The predicted molar refractivity (Wildman–Crippen MR) is 63.4 cm³/mol. The molecule has 0 aliphatic heterocycles. The molecule has 1 aromatic carbocycles. The predicted octanol–water partition coefficient (Wildman–Crippen LogP) is 3.28. The number of rotatable bonds is 1. The van der Waals surface area contributed by atoms with Gasteiger partial charge in [-0.1, -0.05) is 6.07 Å². The molecule has 2 aromatic heterocycles. The summed E-state index contributed by atoms with van der Waals surface area (Å²) in [7, 11) is 0. The second-order valence-corrected chi connectivity index (χ2v) is 4.20. The number of H-pyrrole nitrogens is 2. The fraction of sp³-hybridized carbons (Fsp3) is 0.167. The number of nitrogens with zero attached hydrogens (tertiary/aromatic N) is 2. The lowest BCUT2D eigenvalue weighted by Gasteiger charge is -2.01. The Kier molecular flexibility index (Phi) is 2.38. The lowest BCUT2D eigenvalue weighted by Crippen LogP contribution is -2.07. The number of aromatic nitrogens is 4. The molecule has 3 rings (SSSR count). The van der Waals surface area contributed by atoms with E-state index in [9.17, 15) is 13.2 Å². The van der Waals surface area contributed by atoms with E-state index in [-0.39, 0.29) is 0 Å². The molecular formula is C12H9F3N4. The van der Waals surface area contributed by atoms with Crippen LogP contribution in [0.2, 0.25) is 0 Å². The summed E-state index contributed by atoms with van der Waals surface area (Å²) in [5, 5.41) is 0. The number of hydrogen-bond acceptors (Lipinski definition) is 2. The maximum Gasteiger partial charge on any atom is 0.449 e. The van der Waals surface area contributed by atoms with E-state index in [4.69, 9.17) is 0 Å². The number of hydrogen-bond donors (Lipinski definition) is 2. The average molecular weight is 266 g/mol. The number of benzene rings is 1. The summed E-state index contributed by atoms with van der Waals surface area (Å²) in [6.07, 6.45) is -3.29. The molecule has 0 saturated carbocycles. The van der Waals surface area contributed by atoms with Crippen LogP contribution in [0.1, 0.15) is 11.6 Å². The summed E-state index contributed by atoms with van der Waals surface area (Å²) in [6.45, 7) is 1.82. The molecule has 2 N–H and O–H groups in total. The normalized spacial score (nSPS) is 12.2. The molecule has 98 valence electrons. The van der Waals surface area contributed by atoms with E-state index in [2.05, 4.69) is 19.9 Å². The summed E-state index contributed by atoms with van der Waals surface area (Å²) in [4.78, 5) is 12.9. The number of aryl methyl sites for hydroxylation is 1. The molecule has 0 atom stereocenters. The lowest BCUT2D eigenvalue weighted by molar-refractivity contribution is -0.144. The van der Waals surface area contributed by atoms with Crippen LogP contribution in [0.4, 0.5) is 13.2 Å². The van der Waals surface area contributed by atoms with Gasteiger partial charge in [-0.15, -0.1) is 0 Å². The zero-order valence-corrected chi connectivity index (χ0v) is 9.84. The first-order chi connectivity index (χ1) is 8.93. The largest absolute Gasteiger partial charge is 0.449 e. The quantitative estimate of drug-likeness (QED) is 0.710. The molecular weight excluding hydrogens is 257 g/mol. The monoisotopic (exact) mass is 266 g/mol. The Bertz CT molecular complexity index is 739. The number of fused-ring (bicyclic) bond motifs is 1. The topological polar surface area (TPSA) is 57.4 Å². The van der Waals surface area contributed by atoms with Gasteiger partial charge in [-0.3, -0.25) is 0 Å². The molecule has 2 heterocycles. The van der Waals surface area contributed by atoms with Gasteiger partial charge in [0.15, 0.2) is 0 Å². The Labute approximate surface area is 105 Å². The van der Waals surface area contributed by atoms with Crippen molar-refractivity contribution < 1.29 is 13.2 Å². The van der Waals surface area contributed by atoms with Crippen molar-refractivity contribution in [3.8, 4) is 11.3 Å². The minimum atomic E-state index is -4.47. The number of imidazole rings is 2. The Morgan fingerprint density at radius 1 is 1.16 bits per heavy atom. The summed E-state index contributed by atoms with van der Waals surface area (Å²) in [5.41, 5.74) is 2.50. The standard InChI is InChI=1S/C12H9F3N4/c1-6-17-8-3-2-7(4-9(8)18-6)10-5-16-11(19-10)12(13,14)15/h2-5H,1H3,(H,16,19)(H,17,18). The zero-order chi connectivity index (χ0) is 13.6. The van der Waals surface area contributed by atoms with Crippen molar-refractivity contribution in [2.45, 2.75) is 13.1 Å². The number of halogens is 3. The minimum absolute atomic E-state index is 0.321. The van der Waals surface area contributed by atoms with E-state index in [1.54, 1.807) is 18.2 Å². The highest BCUT2D eigenvalue weighted by atomic mass is 19.4. The second-order valence-electron chi connectivity index (χ2n) is 4.20. The van der Waals surface area contributed by atoms with E-state index in [1.807, 2.05) is 6.92 Å². The highest BCUT2D eigenvalue weighted by Gasteiger charge is 2.34. The van der Waals surface area contributed by atoms with Gasteiger partial charge < -0.3 is 9.97 Å². The highest BCUT2D eigenvalue weighted by Crippen LogP contribution is 2.29. The lowest BCUT2D eigenvalue weighted by atomic mass is 10.1. The highest BCUT2D eigenvalue weighted by molar-refractivity contribution is 5.81. The zero-order valence-electron chi connectivity index (χ0n) is 9.84. The van der Waals surface area contributed by atoms with Crippen LogP contribution in [-0.4, -0.2) is 19.9 Å². The maximum absolute atomic E-state index is 12.5. The first-order valence-corrected chi connectivity index (χ1v) is 5.52. The summed E-state index contributed by atoms with van der Waals surface area (Å²) in [5.74, 6) is -0.240. The van der Waals surface area contributed by atoms with Crippen LogP contribution in [0.5, 0.6) is 0 Å². The molecule has 0 fully saturated rings. The van der Waals surface area contributed by atoms with Gasteiger partial charge in [-0.25, -0.2) is 9.97 Å². The minimum Gasteiger partial charge on any atom is -0.342 e. The average Bonchev–Trinajstić information content (AvgIpc) is 2.90. The molecule has 0 saturated heterocycles. The Morgan fingerprint density at radius 3 is 2.63 bits per heavy atom. The van der Waals surface area contributed by atoms with Crippen molar-refractivity contribution in [1.82, 2.24) is 19.9 Å². The molecule has 0 spiro atoms. The molecule has 0 unspecified atom stereocenters. The van der Waals surface area contributed by atoms with Crippen molar-refractivity contribution in [3.63, 3.8) is 0 Å². The number of aromatic amines is 2. The van der Waals surface area contributed by atoms with Crippen LogP contribution in [0.15, 0.2) is 24.4 Å². The third-order valence-electron chi connectivity index (χ3n) is 2.76. The van der Waals surface area contributed by atoms with Gasteiger partial charge in [0, 0.05) is 5.56 Å². The van der Waals surface area contributed by atoms with Gasteiger partial charge in [0.25, 0.3) is 0 Å². The molecule has 0 amide bonds. The van der Waals surface area contributed by atoms with Crippen molar-refractivity contribution in [3.05, 3.63) is 36.0 Å². The smallest absolute Gasteiger partial charge is 0.342 e. The van der Waals surface area contributed by atoms with Crippen molar-refractivity contribution in [1.29, 1.82) is 0 Å². The third-order valence-corrected chi connectivity index (χ3v) is 2.76. The SMILES string of the molecule is Cc1nc2ccc(-c3cnc(C(F)(F)F)[nH]3)cc2[nH]1. The third kappa shape index (κ3) is 2.07. The Morgan fingerprint density at radius 2 is 1.95 bits per heavy atom. The van der Waals surface area contributed by atoms with Crippen molar-refractivity contribution in [2.24, 2.45) is 0 Å². The second kappa shape index (κ2) is 3.84. The first kappa shape index (κ1) is 11.8. The first-order valence-electron chi connectivity index (χ1n) is 5.52. The molecule has 0 aliphatic carbocycles. The van der Waals surface area contributed by atoms with Gasteiger partial charge in [0.1, 0.15) is 5.82 Å². The van der Waals surface area contributed by atoms with Gasteiger partial charge in [0.2, 0.25) is 5.82 Å². The molecule has 7 heteroatoms. The van der Waals surface area contributed by atoms with E-state index in [1.165, 1.54) is 6.20 Å². The number of nitrogens with one attached hydrogen (secondary N) is 2. The van der Waals surface area contributed by atoms with Crippen LogP contribution >= 0.6 is 0 Å². The van der Waals surface area contributed by atoms with Crippen LogP contribution in [0, 0.1) is 6.92 Å². The molecule has 4 nitrogen and oxygen atoms in total. The summed E-state index contributed by atoms with van der Waals surface area (Å²) < 4.78 is 37.4. The van der Waals surface area contributed by atoms with E-state index in [0.717, 1.165) is 16.9 Å². The van der Waals surface area contributed by atoms with Crippen LogP contribution in [0.25, 0.3) is 22.3 Å². The van der Waals surface area contributed by atoms with E-state index in [0.29, 0.717) is 11.3 Å². The van der Waals surface area contributed by atoms with Gasteiger partial charge in [0.05, 0.1) is 22.9 Å². The van der Waals surface area contributed by atoms with Crippen LogP contribution in [-0.2, 0) is 6.18 Å². The maximum atomic E-state index is 12.5.